The molecule has 0 aliphatic carbocycles. The molecule has 0 saturated heterocycles. The van der Waals surface area contributed by atoms with Crippen LogP contribution in [-0.2, 0) is 20.7 Å². The average molecular weight is 204 g/mol. The monoisotopic (exact) mass is 204 g/mol. The third-order valence-corrected chi connectivity index (χ3v) is 1.75. The summed E-state index contributed by atoms with van der Waals surface area (Å²) < 4.78 is 4.54. The molecule has 1 aromatic carbocycles. The van der Waals surface area contributed by atoms with Gasteiger partial charge in [-0.15, -0.1) is 0 Å². The van der Waals surface area contributed by atoms with Crippen LogP contribution in [0.4, 0.5) is 0 Å². The van der Waals surface area contributed by atoms with Crippen molar-refractivity contribution in [3.8, 4) is 0 Å². The van der Waals surface area contributed by atoms with Gasteiger partial charge in [-0.05, 0) is 12.5 Å². The number of carbonyl (C=O) groups is 2. The molecule has 3 nitrogen and oxygen atoms in total. The smallest absolute Gasteiger partial charge is 0.340 e. The van der Waals surface area contributed by atoms with E-state index in [4.69, 9.17) is 0 Å². The summed E-state index contributed by atoms with van der Waals surface area (Å²) in [5.74, 6) is -1.23. The Morgan fingerprint density at radius 2 is 1.87 bits per heavy atom. The van der Waals surface area contributed by atoms with Gasteiger partial charge in [0.15, 0.2) is 0 Å². The van der Waals surface area contributed by atoms with E-state index >= 15 is 0 Å². The minimum atomic E-state index is -0.670. The fourth-order valence-electron chi connectivity index (χ4n) is 0.989. The van der Waals surface area contributed by atoms with Gasteiger partial charge in [0, 0.05) is 5.57 Å². The normalized spacial score (nSPS) is 9.40. The van der Waals surface area contributed by atoms with E-state index in [0.717, 1.165) is 5.56 Å². The van der Waals surface area contributed by atoms with Crippen molar-refractivity contribution in [1.82, 2.24) is 0 Å². The van der Waals surface area contributed by atoms with Gasteiger partial charge in [0.05, 0.1) is 6.42 Å². The van der Waals surface area contributed by atoms with Gasteiger partial charge in [0.25, 0.3) is 0 Å². The van der Waals surface area contributed by atoms with Gasteiger partial charge in [-0.2, -0.15) is 0 Å². The van der Waals surface area contributed by atoms with Gasteiger partial charge in [0.1, 0.15) is 0 Å². The van der Waals surface area contributed by atoms with Crippen LogP contribution in [-0.4, -0.2) is 11.9 Å². The first-order chi connectivity index (χ1) is 7.09. The fourth-order valence-corrected chi connectivity index (χ4v) is 0.989. The van der Waals surface area contributed by atoms with E-state index in [1.807, 2.05) is 18.2 Å². The maximum absolute atomic E-state index is 11.2. The predicted molar refractivity (Wildman–Crippen MR) is 56.1 cm³/mol. The summed E-state index contributed by atoms with van der Waals surface area (Å²) in [5.41, 5.74) is 1.04. The largest absolute Gasteiger partial charge is 0.389 e. The predicted octanol–water partition coefficient (Wildman–Crippen LogP) is 1.87. The molecule has 0 amide bonds. The summed E-state index contributed by atoms with van der Waals surface area (Å²) in [5, 5.41) is 0. The van der Waals surface area contributed by atoms with Crippen molar-refractivity contribution in [3.63, 3.8) is 0 Å². The molecular formula is C12H12O3. The molecule has 0 unspecified atom stereocenters. The molecule has 0 radical (unpaired) electrons. The highest BCUT2D eigenvalue weighted by atomic mass is 16.6. The van der Waals surface area contributed by atoms with Crippen LogP contribution >= 0.6 is 0 Å². The molecular weight excluding hydrogens is 192 g/mol. The maximum Gasteiger partial charge on any atom is 0.340 e. The minimum absolute atomic E-state index is 0.0971. The Morgan fingerprint density at radius 1 is 1.27 bits per heavy atom. The first-order valence-electron chi connectivity index (χ1n) is 4.54. The second kappa shape index (κ2) is 5.10. The zero-order valence-corrected chi connectivity index (χ0v) is 8.53. The number of benzene rings is 1. The molecule has 0 aliphatic heterocycles. The highest BCUT2D eigenvalue weighted by Crippen LogP contribution is 2.02. The lowest BCUT2D eigenvalue weighted by Crippen LogP contribution is -2.14. The molecule has 0 N–H and O–H groups in total. The fraction of sp³-hybridized carbons (Fsp3) is 0.167. The third kappa shape index (κ3) is 3.77. The standard InChI is InChI=1S/C12H12O3/c1-9(2)12(14)15-11(13)8-10-6-4-3-5-7-10/h3-7H,1,8H2,2H3. The Morgan fingerprint density at radius 3 is 2.40 bits per heavy atom. The number of carbonyl (C=O) groups excluding carboxylic acids is 2. The van der Waals surface area contributed by atoms with Crippen molar-refractivity contribution >= 4 is 11.9 Å². The lowest BCUT2D eigenvalue weighted by atomic mass is 10.2. The van der Waals surface area contributed by atoms with Crippen LogP contribution < -0.4 is 0 Å². The van der Waals surface area contributed by atoms with E-state index in [2.05, 4.69) is 11.3 Å². The first kappa shape index (κ1) is 11.2. The second-order valence-corrected chi connectivity index (χ2v) is 3.20. The van der Waals surface area contributed by atoms with Crippen molar-refractivity contribution < 1.29 is 14.3 Å². The topological polar surface area (TPSA) is 43.4 Å². The lowest BCUT2D eigenvalue weighted by Gasteiger charge is -2.02. The Labute approximate surface area is 88.4 Å². The van der Waals surface area contributed by atoms with E-state index in [1.54, 1.807) is 12.1 Å². The Hall–Kier alpha value is -1.90. The molecule has 0 spiro atoms. The van der Waals surface area contributed by atoms with Crippen LogP contribution in [0.3, 0.4) is 0 Å². The molecule has 1 rings (SSSR count). The van der Waals surface area contributed by atoms with Crippen molar-refractivity contribution in [2.24, 2.45) is 0 Å². The summed E-state index contributed by atoms with van der Waals surface area (Å²) in [4.78, 5) is 22.2. The van der Waals surface area contributed by atoms with Gasteiger partial charge in [-0.3, -0.25) is 4.79 Å². The molecule has 1 aromatic rings. The zero-order valence-electron chi connectivity index (χ0n) is 8.53. The molecule has 15 heavy (non-hydrogen) atoms. The molecule has 0 aromatic heterocycles. The first-order valence-corrected chi connectivity index (χ1v) is 4.54. The minimum Gasteiger partial charge on any atom is -0.389 e. The number of esters is 2. The van der Waals surface area contributed by atoms with Gasteiger partial charge in [-0.1, -0.05) is 36.9 Å². The Balaban J connectivity index is 2.51. The molecule has 0 aliphatic rings. The summed E-state index contributed by atoms with van der Waals surface area (Å²) >= 11 is 0. The maximum atomic E-state index is 11.2. The van der Waals surface area contributed by atoms with E-state index in [-0.39, 0.29) is 12.0 Å². The van der Waals surface area contributed by atoms with Gasteiger partial charge >= 0.3 is 11.9 Å². The second-order valence-electron chi connectivity index (χ2n) is 3.20. The summed E-state index contributed by atoms with van der Waals surface area (Å²) in [6.45, 7) is 4.89. The lowest BCUT2D eigenvalue weighted by molar-refractivity contribution is -0.156. The van der Waals surface area contributed by atoms with Gasteiger partial charge < -0.3 is 4.74 Å². The van der Waals surface area contributed by atoms with Crippen LogP contribution in [0, 0.1) is 0 Å². The molecule has 0 fully saturated rings. The van der Waals surface area contributed by atoms with E-state index in [1.165, 1.54) is 6.92 Å². The average Bonchev–Trinajstić information content (AvgIpc) is 2.18. The molecule has 0 bridgehead atoms. The van der Waals surface area contributed by atoms with E-state index in [0.29, 0.717) is 0 Å². The highest BCUT2D eigenvalue weighted by molar-refractivity contribution is 5.95. The van der Waals surface area contributed by atoms with Crippen LogP contribution in [0.2, 0.25) is 0 Å². The van der Waals surface area contributed by atoms with Crippen LogP contribution in [0.25, 0.3) is 0 Å². The van der Waals surface area contributed by atoms with Crippen molar-refractivity contribution in [3.05, 3.63) is 48.0 Å². The van der Waals surface area contributed by atoms with Gasteiger partial charge in [0.2, 0.25) is 0 Å². The van der Waals surface area contributed by atoms with Gasteiger partial charge in [-0.25, -0.2) is 4.79 Å². The number of rotatable bonds is 3. The quantitative estimate of drug-likeness (QED) is 0.429. The third-order valence-electron chi connectivity index (χ3n) is 1.75. The molecule has 0 atom stereocenters. The van der Waals surface area contributed by atoms with Crippen molar-refractivity contribution in [2.75, 3.05) is 0 Å². The van der Waals surface area contributed by atoms with E-state index in [9.17, 15) is 9.59 Å². The van der Waals surface area contributed by atoms with Crippen molar-refractivity contribution in [2.45, 2.75) is 13.3 Å². The Bertz CT molecular complexity index is 379. The molecule has 0 heterocycles. The zero-order chi connectivity index (χ0) is 11.3. The van der Waals surface area contributed by atoms with Crippen molar-refractivity contribution in [1.29, 1.82) is 0 Å². The summed E-state index contributed by atoms with van der Waals surface area (Å²) in [7, 11) is 0. The molecule has 3 heteroatoms. The number of ether oxygens (including phenoxy) is 1. The molecule has 78 valence electrons. The van der Waals surface area contributed by atoms with E-state index < -0.39 is 11.9 Å². The van der Waals surface area contributed by atoms with Crippen LogP contribution in [0.15, 0.2) is 42.5 Å². The highest BCUT2D eigenvalue weighted by Gasteiger charge is 2.11. The number of hydrogen-bond donors (Lipinski definition) is 0. The summed E-state index contributed by atoms with van der Waals surface area (Å²) in [6, 6.07) is 9.10. The van der Waals surface area contributed by atoms with Crippen LogP contribution in [0.5, 0.6) is 0 Å². The van der Waals surface area contributed by atoms with Crippen LogP contribution in [0.1, 0.15) is 12.5 Å². The molecule has 0 saturated carbocycles. The summed E-state index contributed by atoms with van der Waals surface area (Å²) in [6.07, 6.45) is 0.0971. The Kier molecular flexibility index (Phi) is 3.80. The SMILES string of the molecule is C=C(C)C(=O)OC(=O)Cc1ccccc1. The number of hydrogen-bond acceptors (Lipinski definition) is 3.